The van der Waals surface area contributed by atoms with Crippen molar-refractivity contribution in [2.75, 3.05) is 49.6 Å². The van der Waals surface area contributed by atoms with Gasteiger partial charge in [0.05, 0.1) is 37.7 Å². The summed E-state index contributed by atoms with van der Waals surface area (Å²) >= 11 is 0. The van der Waals surface area contributed by atoms with Crippen LogP contribution in [0.3, 0.4) is 0 Å². The fourth-order valence-electron chi connectivity index (χ4n) is 3.70. The number of nitrogens with one attached hydrogen (secondary N) is 1. The van der Waals surface area contributed by atoms with Crippen molar-refractivity contribution in [1.29, 1.82) is 0 Å². The number of morpholine rings is 1. The van der Waals surface area contributed by atoms with Crippen molar-refractivity contribution in [2.24, 2.45) is 0 Å². The molecule has 10 heteroatoms. The van der Waals surface area contributed by atoms with E-state index in [-0.39, 0.29) is 30.4 Å². The summed E-state index contributed by atoms with van der Waals surface area (Å²) in [4.78, 5) is 29.2. The molecule has 2 heterocycles. The fraction of sp³-hybridized carbons (Fsp3) is 0.364. The van der Waals surface area contributed by atoms with Crippen molar-refractivity contribution < 1.29 is 32.6 Å². The van der Waals surface area contributed by atoms with Crippen LogP contribution in [0.25, 0.3) is 0 Å². The first kappa shape index (κ1) is 21.8. The fourth-order valence-corrected chi connectivity index (χ4v) is 3.70. The molecule has 0 spiro atoms. The van der Waals surface area contributed by atoms with Crippen LogP contribution in [0.2, 0.25) is 0 Å². The molecule has 8 nitrogen and oxygen atoms in total. The van der Waals surface area contributed by atoms with E-state index in [1.165, 1.54) is 18.2 Å². The van der Waals surface area contributed by atoms with E-state index >= 15 is 0 Å². The Morgan fingerprint density at radius 3 is 2.59 bits per heavy atom. The highest BCUT2D eigenvalue weighted by Crippen LogP contribution is 2.33. The molecule has 170 valence electrons. The highest BCUT2D eigenvalue weighted by Gasteiger charge is 2.34. The van der Waals surface area contributed by atoms with Gasteiger partial charge in [0.2, 0.25) is 5.91 Å². The van der Waals surface area contributed by atoms with Crippen LogP contribution >= 0.6 is 0 Å². The third kappa shape index (κ3) is 5.08. The van der Waals surface area contributed by atoms with Crippen molar-refractivity contribution >= 4 is 23.2 Å². The van der Waals surface area contributed by atoms with E-state index in [4.69, 9.17) is 9.47 Å². The maximum atomic E-state index is 13.0. The zero-order chi connectivity index (χ0) is 22.5. The standard InChI is InChI=1S/C22H23F2N3O5/c23-22(24)32-17-7-3-1-5-15(17)25-20(28)14-27-13-19(21(29)26-9-11-30-12-10-26)31-18-8-4-2-6-16(18)27/h1-8,19,22H,9-14H2,(H,25,28). The Balaban J connectivity index is 1.48. The molecule has 2 aromatic rings. The van der Waals surface area contributed by atoms with Gasteiger partial charge in [0.15, 0.2) is 6.10 Å². The van der Waals surface area contributed by atoms with Gasteiger partial charge in [0.25, 0.3) is 5.91 Å². The first-order chi connectivity index (χ1) is 15.5. The number of ether oxygens (including phenoxy) is 3. The molecule has 1 saturated heterocycles. The van der Waals surface area contributed by atoms with Crippen molar-refractivity contribution in [3.63, 3.8) is 0 Å². The van der Waals surface area contributed by atoms with Crippen LogP contribution in [0, 0.1) is 0 Å². The number of benzene rings is 2. The van der Waals surface area contributed by atoms with Gasteiger partial charge in [-0.2, -0.15) is 8.78 Å². The molecule has 0 bridgehead atoms. The third-order valence-electron chi connectivity index (χ3n) is 5.17. The minimum Gasteiger partial charge on any atom is -0.477 e. The normalized spacial score (nSPS) is 18.0. The lowest BCUT2D eigenvalue weighted by Crippen LogP contribution is -2.53. The molecule has 1 unspecified atom stereocenters. The number of hydrogen-bond acceptors (Lipinski definition) is 6. The summed E-state index contributed by atoms with van der Waals surface area (Å²) < 4.78 is 41.0. The lowest BCUT2D eigenvalue weighted by atomic mass is 10.1. The maximum Gasteiger partial charge on any atom is 0.387 e. The average molecular weight is 447 g/mol. The molecule has 0 aromatic heterocycles. The van der Waals surface area contributed by atoms with Gasteiger partial charge in [-0.05, 0) is 24.3 Å². The van der Waals surface area contributed by atoms with E-state index in [1.807, 2.05) is 6.07 Å². The first-order valence-electron chi connectivity index (χ1n) is 10.2. The van der Waals surface area contributed by atoms with Gasteiger partial charge < -0.3 is 29.3 Å². The number of nitrogens with zero attached hydrogens (tertiary/aromatic N) is 2. The summed E-state index contributed by atoms with van der Waals surface area (Å²) in [5, 5.41) is 2.61. The summed E-state index contributed by atoms with van der Waals surface area (Å²) in [6.07, 6.45) is -0.773. The molecule has 0 aliphatic carbocycles. The molecule has 1 N–H and O–H groups in total. The highest BCUT2D eigenvalue weighted by molar-refractivity contribution is 5.96. The Bertz CT molecular complexity index is 968. The van der Waals surface area contributed by atoms with Gasteiger partial charge in [0, 0.05) is 13.1 Å². The number of halogens is 2. The predicted molar refractivity (Wildman–Crippen MR) is 112 cm³/mol. The first-order valence-corrected chi connectivity index (χ1v) is 10.2. The number of carbonyl (C=O) groups excluding carboxylic acids is 2. The number of rotatable bonds is 6. The van der Waals surface area contributed by atoms with Gasteiger partial charge in [-0.15, -0.1) is 0 Å². The zero-order valence-corrected chi connectivity index (χ0v) is 17.2. The average Bonchev–Trinajstić information content (AvgIpc) is 2.80. The topological polar surface area (TPSA) is 80.3 Å². The van der Waals surface area contributed by atoms with E-state index in [0.29, 0.717) is 37.7 Å². The molecular formula is C22H23F2N3O5. The molecule has 2 aromatic carbocycles. The van der Waals surface area contributed by atoms with Gasteiger partial charge in [-0.25, -0.2) is 0 Å². The second kappa shape index (κ2) is 9.82. The quantitative estimate of drug-likeness (QED) is 0.733. The number of carbonyl (C=O) groups is 2. The van der Waals surface area contributed by atoms with Gasteiger partial charge in [-0.3, -0.25) is 9.59 Å². The molecule has 2 amide bonds. The number of para-hydroxylation sites is 4. The maximum absolute atomic E-state index is 13.0. The van der Waals surface area contributed by atoms with Gasteiger partial charge in [-0.1, -0.05) is 24.3 Å². The van der Waals surface area contributed by atoms with Crippen molar-refractivity contribution in [1.82, 2.24) is 4.90 Å². The molecule has 0 saturated carbocycles. The number of alkyl halides is 2. The Morgan fingerprint density at radius 2 is 1.81 bits per heavy atom. The van der Waals surface area contributed by atoms with Crippen LogP contribution < -0.4 is 19.7 Å². The largest absolute Gasteiger partial charge is 0.477 e. The summed E-state index contributed by atoms with van der Waals surface area (Å²) in [5.74, 6) is -0.230. The van der Waals surface area contributed by atoms with Crippen molar-refractivity contribution in [3.8, 4) is 11.5 Å². The number of fused-ring (bicyclic) bond motifs is 1. The van der Waals surface area contributed by atoms with Gasteiger partial charge in [0.1, 0.15) is 11.5 Å². The molecule has 4 rings (SSSR count). The Kier molecular flexibility index (Phi) is 6.69. The molecule has 32 heavy (non-hydrogen) atoms. The molecule has 2 aliphatic heterocycles. The minimum absolute atomic E-state index is 0.101. The van der Waals surface area contributed by atoms with E-state index in [0.717, 1.165) is 0 Å². The molecule has 0 radical (unpaired) electrons. The smallest absolute Gasteiger partial charge is 0.387 e. The molecule has 1 atom stereocenters. The van der Waals surface area contributed by atoms with Crippen molar-refractivity contribution in [3.05, 3.63) is 48.5 Å². The van der Waals surface area contributed by atoms with Crippen molar-refractivity contribution in [2.45, 2.75) is 12.7 Å². The minimum atomic E-state index is -3.01. The van der Waals surface area contributed by atoms with Crippen LogP contribution in [0.15, 0.2) is 48.5 Å². The summed E-state index contributed by atoms with van der Waals surface area (Å²) in [6.45, 7) is -1.01. The monoisotopic (exact) mass is 447 g/mol. The van der Waals surface area contributed by atoms with Gasteiger partial charge >= 0.3 is 6.61 Å². The van der Waals surface area contributed by atoms with E-state index in [1.54, 1.807) is 34.1 Å². The zero-order valence-electron chi connectivity index (χ0n) is 17.2. The Morgan fingerprint density at radius 1 is 1.09 bits per heavy atom. The predicted octanol–water partition coefficient (Wildman–Crippen LogP) is 2.35. The van der Waals surface area contributed by atoms with E-state index in [9.17, 15) is 18.4 Å². The van der Waals surface area contributed by atoms with Crippen LogP contribution in [-0.2, 0) is 14.3 Å². The second-order valence-corrected chi connectivity index (χ2v) is 7.32. The van der Waals surface area contributed by atoms with Crippen LogP contribution in [0.5, 0.6) is 11.5 Å². The number of amides is 2. The molecule has 2 aliphatic rings. The number of anilines is 2. The molecule has 1 fully saturated rings. The summed E-state index contributed by atoms with van der Waals surface area (Å²) in [6, 6.07) is 13.1. The Labute approximate surface area is 183 Å². The van der Waals surface area contributed by atoms with Crippen LogP contribution in [0.1, 0.15) is 0 Å². The van der Waals surface area contributed by atoms with E-state index < -0.39 is 18.6 Å². The third-order valence-corrected chi connectivity index (χ3v) is 5.17. The molecular weight excluding hydrogens is 424 g/mol. The Hall–Kier alpha value is -3.40. The van der Waals surface area contributed by atoms with Crippen LogP contribution in [0.4, 0.5) is 20.2 Å². The van der Waals surface area contributed by atoms with Crippen LogP contribution in [-0.4, -0.2) is 68.8 Å². The lowest BCUT2D eigenvalue weighted by molar-refractivity contribution is -0.142. The second-order valence-electron chi connectivity index (χ2n) is 7.32. The lowest BCUT2D eigenvalue weighted by Gasteiger charge is -2.38. The summed E-state index contributed by atoms with van der Waals surface area (Å²) in [5.41, 5.74) is 0.811. The number of hydrogen-bond donors (Lipinski definition) is 1. The van der Waals surface area contributed by atoms with E-state index in [2.05, 4.69) is 10.1 Å². The highest BCUT2D eigenvalue weighted by atomic mass is 19.3. The summed E-state index contributed by atoms with van der Waals surface area (Å²) in [7, 11) is 0. The SMILES string of the molecule is O=C(CN1CC(C(=O)N2CCOCC2)Oc2ccccc21)Nc1ccccc1OC(F)F.